The van der Waals surface area contributed by atoms with Crippen LogP contribution in [0.2, 0.25) is 0 Å². The molecule has 6 heteroatoms. The summed E-state index contributed by atoms with van der Waals surface area (Å²) in [6.07, 6.45) is 0. The average molecular weight is 395 g/mol. The van der Waals surface area contributed by atoms with Crippen molar-refractivity contribution in [2.75, 3.05) is 41.7 Å². The third-order valence-corrected chi connectivity index (χ3v) is 5.21. The lowest BCUT2D eigenvalue weighted by Gasteiger charge is -2.38. The predicted molar refractivity (Wildman–Crippen MR) is 119 cm³/mol. The Kier molecular flexibility index (Phi) is 6.42. The van der Waals surface area contributed by atoms with Crippen molar-refractivity contribution in [3.05, 3.63) is 53.6 Å². The molecule has 154 valence electrons. The molecule has 0 spiro atoms. The van der Waals surface area contributed by atoms with Gasteiger partial charge < -0.3 is 20.4 Å². The number of aryl methyl sites for hydroxylation is 1. The van der Waals surface area contributed by atoms with Crippen LogP contribution < -0.4 is 15.5 Å². The van der Waals surface area contributed by atoms with Gasteiger partial charge in [0.05, 0.1) is 0 Å². The number of benzene rings is 2. The van der Waals surface area contributed by atoms with Gasteiger partial charge in [-0.15, -0.1) is 0 Å². The zero-order valence-corrected chi connectivity index (χ0v) is 17.7. The number of hydrogen-bond donors (Lipinski definition) is 2. The van der Waals surface area contributed by atoms with Crippen LogP contribution in [0.3, 0.4) is 0 Å². The minimum atomic E-state index is -0.137. The number of rotatable bonds is 4. The van der Waals surface area contributed by atoms with Gasteiger partial charge in [-0.3, -0.25) is 4.79 Å². The topological polar surface area (TPSA) is 64.7 Å². The van der Waals surface area contributed by atoms with Crippen LogP contribution in [0.25, 0.3) is 0 Å². The molecule has 2 N–H and O–H groups in total. The normalized spacial score (nSPS) is 14.1. The third kappa shape index (κ3) is 5.08. The first-order valence-electron chi connectivity index (χ1n) is 10.1. The summed E-state index contributed by atoms with van der Waals surface area (Å²) >= 11 is 0. The smallest absolute Gasteiger partial charge is 0.321 e. The highest BCUT2D eigenvalue weighted by Crippen LogP contribution is 2.31. The standard InChI is InChI=1S/C23H30N4O2/c1-16(2)21-10-5-7-17(3)22(21)26-11-13-27(14-12-26)23(29)25-20-9-6-8-19(15-20)24-18(4)28/h5-10,15-16H,11-14H2,1-4H3,(H,24,28)(H,25,29). The van der Waals surface area contributed by atoms with Gasteiger partial charge in [0, 0.05) is 50.2 Å². The Morgan fingerprint density at radius 2 is 1.55 bits per heavy atom. The van der Waals surface area contributed by atoms with Crippen molar-refractivity contribution < 1.29 is 9.59 Å². The van der Waals surface area contributed by atoms with Gasteiger partial charge in [0.2, 0.25) is 5.91 Å². The summed E-state index contributed by atoms with van der Waals surface area (Å²) in [5, 5.41) is 5.67. The molecule has 0 radical (unpaired) electrons. The number of carbonyl (C=O) groups is 2. The van der Waals surface area contributed by atoms with E-state index >= 15 is 0 Å². The van der Waals surface area contributed by atoms with E-state index in [-0.39, 0.29) is 11.9 Å². The summed E-state index contributed by atoms with van der Waals surface area (Å²) in [7, 11) is 0. The SMILES string of the molecule is CC(=O)Nc1cccc(NC(=O)N2CCN(c3c(C)cccc3C(C)C)CC2)c1. The summed E-state index contributed by atoms with van der Waals surface area (Å²) in [6.45, 7) is 11.0. The quantitative estimate of drug-likeness (QED) is 0.806. The molecule has 0 aromatic heterocycles. The van der Waals surface area contributed by atoms with Crippen LogP contribution in [-0.4, -0.2) is 43.0 Å². The molecule has 0 saturated carbocycles. The lowest BCUT2D eigenvalue weighted by molar-refractivity contribution is -0.114. The number of nitrogens with zero attached hydrogens (tertiary/aromatic N) is 2. The molecular formula is C23H30N4O2. The molecule has 2 aromatic carbocycles. The fraction of sp³-hybridized carbons (Fsp3) is 0.391. The van der Waals surface area contributed by atoms with Crippen LogP contribution in [0.5, 0.6) is 0 Å². The van der Waals surface area contributed by atoms with Crippen molar-refractivity contribution in [3.8, 4) is 0 Å². The van der Waals surface area contributed by atoms with E-state index in [1.165, 1.54) is 23.7 Å². The number of amides is 3. The van der Waals surface area contributed by atoms with Gasteiger partial charge in [-0.05, 0) is 42.2 Å². The van der Waals surface area contributed by atoms with Gasteiger partial charge in [-0.25, -0.2) is 4.79 Å². The van der Waals surface area contributed by atoms with Crippen LogP contribution in [0.4, 0.5) is 21.9 Å². The van der Waals surface area contributed by atoms with E-state index in [0.29, 0.717) is 30.4 Å². The van der Waals surface area contributed by atoms with Crippen molar-refractivity contribution in [1.29, 1.82) is 0 Å². The van der Waals surface area contributed by atoms with Crippen molar-refractivity contribution >= 4 is 29.0 Å². The third-order valence-electron chi connectivity index (χ3n) is 5.21. The largest absolute Gasteiger partial charge is 0.368 e. The Labute approximate surface area is 172 Å². The second kappa shape index (κ2) is 8.99. The molecule has 1 fully saturated rings. The van der Waals surface area contributed by atoms with E-state index in [0.717, 1.165) is 13.1 Å². The van der Waals surface area contributed by atoms with Gasteiger partial charge >= 0.3 is 6.03 Å². The second-order valence-electron chi connectivity index (χ2n) is 7.83. The van der Waals surface area contributed by atoms with Crippen LogP contribution >= 0.6 is 0 Å². The van der Waals surface area contributed by atoms with Crippen LogP contribution in [0.15, 0.2) is 42.5 Å². The first-order valence-corrected chi connectivity index (χ1v) is 10.1. The molecule has 0 bridgehead atoms. The zero-order chi connectivity index (χ0) is 21.0. The van der Waals surface area contributed by atoms with Crippen LogP contribution in [-0.2, 0) is 4.79 Å². The highest BCUT2D eigenvalue weighted by Gasteiger charge is 2.24. The first-order chi connectivity index (χ1) is 13.8. The molecule has 1 aliphatic heterocycles. The Morgan fingerprint density at radius 3 is 2.17 bits per heavy atom. The lowest BCUT2D eigenvalue weighted by Crippen LogP contribution is -2.50. The van der Waals surface area contributed by atoms with Gasteiger partial charge in [-0.2, -0.15) is 0 Å². The summed E-state index contributed by atoms with van der Waals surface area (Å²) in [4.78, 5) is 28.2. The zero-order valence-electron chi connectivity index (χ0n) is 17.7. The average Bonchev–Trinajstić information content (AvgIpc) is 2.67. The number of anilines is 3. The lowest BCUT2D eigenvalue weighted by atomic mass is 9.97. The molecule has 29 heavy (non-hydrogen) atoms. The molecule has 1 saturated heterocycles. The molecule has 3 rings (SSSR count). The van der Waals surface area contributed by atoms with E-state index < -0.39 is 0 Å². The van der Waals surface area contributed by atoms with E-state index in [4.69, 9.17) is 0 Å². The molecule has 6 nitrogen and oxygen atoms in total. The molecule has 0 unspecified atom stereocenters. The van der Waals surface area contributed by atoms with E-state index in [1.54, 1.807) is 12.1 Å². The van der Waals surface area contributed by atoms with Crippen LogP contribution in [0.1, 0.15) is 37.8 Å². The number of urea groups is 1. The van der Waals surface area contributed by atoms with Crippen molar-refractivity contribution in [2.45, 2.75) is 33.6 Å². The number of nitrogens with one attached hydrogen (secondary N) is 2. The molecule has 1 aliphatic rings. The summed E-state index contributed by atoms with van der Waals surface area (Å²) in [6, 6.07) is 13.6. The van der Waals surface area contributed by atoms with Crippen molar-refractivity contribution in [3.63, 3.8) is 0 Å². The highest BCUT2D eigenvalue weighted by molar-refractivity contribution is 5.92. The second-order valence-corrected chi connectivity index (χ2v) is 7.83. The molecule has 3 amide bonds. The summed E-state index contributed by atoms with van der Waals surface area (Å²) < 4.78 is 0. The minimum Gasteiger partial charge on any atom is -0.368 e. The van der Waals surface area contributed by atoms with Gasteiger partial charge in [-0.1, -0.05) is 38.1 Å². The van der Waals surface area contributed by atoms with Gasteiger partial charge in [0.15, 0.2) is 0 Å². The Morgan fingerprint density at radius 1 is 0.931 bits per heavy atom. The molecule has 1 heterocycles. The Hall–Kier alpha value is -3.02. The fourth-order valence-corrected chi connectivity index (χ4v) is 3.79. The molecule has 0 aliphatic carbocycles. The highest BCUT2D eigenvalue weighted by atomic mass is 16.2. The number of piperazine rings is 1. The fourth-order valence-electron chi connectivity index (χ4n) is 3.79. The Bertz CT molecular complexity index is 886. The van der Waals surface area contributed by atoms with Crippen molar-refractivity contribution in [1.82, 2.24) is 4.90 Å². The number of hydrogen-bond acceptors (Lipinski definition) is 3. The van der Waals surface area contributed by atoms with E-state index in [1.807, 2.05) is 17.0 Å². The maximum atomic E-state index is 12.7. The summed E-state index contributed by atoms with van der Waals surface area (Å²) in [5.41, 5.74) is 5.29. The van der Waals surface area contributed by atoms with Gasteiger partial charge in [0.1, 0.15) is 0 Å². The maximum absolute atomic E-state index is 12.7. The predicted octanol–water partition coefficient (Wildman–Crippen LogP) is 4.43. The van der Waals surface area contributed by atoms with E-state index in [9.17, 15) is 9.59 Å². The van der Waals surface area contributed by atoms with Crippen LogP contribution in [0, 0.1) is 6.92 Å². The first kappa shape index (κ1) is 20.7. The number of para-hydroxylation sites is 1. The number of carbonyl (C=O) groups excluding carboxylic acids is 2. The molecule has 2 aromatic rings. The van der Waals surface area contributed by atoms with Gasteiger partial charge in [0.25, 0.3) is 0 Å². The monoisotopic (exact) mass is 394 g/mol. The minimum absolute atomic E-state index is 0.113. The summed E-state index contributed by atoms with van der Waals surface area (Å²) in [5.74, 6) is 0.323. The van der Waals surface area contributed by atoms with Crippen molar-refractivity contribution in [2.24, 2.45) is 0 Å². The maximum Gasteiger partial charge on any atom is 0.321 e. The Balaban J connectivity index is 1.63. The molecule has 0 atom stereocenters. The molecular weight excluding hydrogens is 364 g/mol. The van der Waals surface area contributed by atoms with E-state index in [2.05, 4.69) is 54.5 Å².